The van der Waals surface area contributed by atoms with Gasteiger partial charge in [0.1, 0.15) is 0 Å². The molecule has 4 rings (SSSR count). The number of nitrogens with zero attached hydrogens (tertiary/aromatic N) is 2. The van der Waals surface area contributed by atoms with Crippen LogP contribution in [0.3, 0.4) is 0 Å². The molecule has 0 radical (unpaired) electrons. The van der Waals surface area contributed by atoms with Crippen molar-refractivity contribution in [3.8, 4) is 11.3 Å². The molecule has 1 fully saturated rings. The minimum Gasteiger partial charge on any atom is -0.355 e. The molecule has 2 aromatic heterocycles. The van der Waals surface area contributed by atoms with E-state index in [1.54, 1.807) is 12.1 Å². The lowest BCUT2D eigenvalue weighted by molar-refractivity contribution is 0.101. The van der Waals surface area contributed by atoms with Gasteiger partial charge in [0.15, 0.2) is 16.6 Å². The first-order valence-electron chi connectivity index (χ1n) is 8.40. The second-order valence-electron chi connectivity index (χ2n) is 6.10. The lowest BCUT2D eigenvalue weighted by Gasteiger charge is -2.20. The first-order chi connectivity index (χ1) is 12.7. The molecule has 8 heteroatoms. The Morgan fingerprint density at radius 2 is 2.12 bits per heavy atom. The zero-order valence-corrected chi connectivity index (χ0v) is 15.4. The number of thiazole rings is 1. The number of piperidine rings is 1. The number of aromatic nitrogens is 2. The monoisotopic (exact) mass is 388 g/mol. The third-order valence-corrected chi connectivity index (χ3v) is 5.77. The van der Waals surface area contributed by atoms with Gasteiger partial charge in [-0.1, -0.05) is 28.9 Å². The molecule has 134 valence electrons. The van der Waals surface area contributed by atoms with E-state index in [9.17, 15) is 4.79 Å². The first kappa shape index (κ1) is 17.2. The van der Waals surface area contributed by atoms with Gasteiger partial charge >= 0.3 is 0 Å². The molecule has 0 aliphatic carbocycles. The summed E-state index contributed by atoms with van der Waals surface area (Å²) in [7, 11) is 0. The van der Waals surface area contributed by atoms with E-state index in [1.165, 1.54) is 16.2 Å². The Morgan fingerprint density at radius 1 is 1.31 bits per heavy atom. The van der Waals surface area contributed by atoms with Crippen molar-refractivity contribution in [2.75, 3.05) is 18.4 Å². The molecule has 6 nitrogen and oxygen atoms in total. The number of carbonyl (C=O) groups is 1. The molecule has 26 heavy (non-hydrogen) atoms. The van der Waals surface area contributed by atoms with E-state index in [0.29, 0.717) is 27.4 Å². The fraction of sp³-hybridized carbons (Fsp3) is 0.278. The second-order valence-corrected chi connectivity index (χ2v) is 7.57. The van der Waals surface area contributed by atoms with E-state index in [2.05, 4.69) is 20.8 Å². The predicted molar refractivity (Wildman–Crippen MR) is 102 cm³/mol. The highest BCUT2D eigenvalue weighted by Gasteiger charge is 2.20. The largest absolute Gasteiger partial charge is 0.355 e. The topological polar surface area (TPSA) is 80.0 Å². The van der Waals surface area contributed by atoms with Crippen LogP contribution in [0.2, 0.25) is 5.02 Å². The van der Waals surface area contributed by atoms with Crippen molar-refractivity contribution in [1.29, 1.82) is 0 Å². The Kier molecular flexibility index (Phi) is 5.01. The summed E-state index contributed by atoms with van der Waals surface area (Å²) in [6.45, 7) is 2.04. The number of anilines is 1. The highest BCUT2D eigenvalue weighted by atomic mass is 35.5. The molecule has 3 aromatic rings. The van der Waals surface area contributed by atoms with Crippen LogP contribution in [0.25, 0.3) is 11.3 Å². The predicted octanol–water partition coefficient (Wildman–Crippen LogP) is 4.17. The maximum Gasteiger partial charge on any atom is 0.279 e. The fourth-order valence-electron chi connectivity index (χ4n) is 2.97. The summed E-state index contributed by atoms with van der Waals surface area (Å²) in [5.74, 6) is 0.617. The van der Waals surface area contributed by atoms with E-state index >= 15 is 0 Å². The highest BCUT2D eigenvalue weighted by Crippen LogP contribution is 2.32. The van der Waals surface area contributed by atoms with Crippen LogP contribution in [0, 0.1) is 0 Å². The third kappa shape index (κ3) is 3.65. The number of halogens is 1. The summed E-state index contributed by atoms with van der Waals surface area (Å²) >= 11 is 7.67. The van der Waals surface area contributed by atoms with Gasteiger partial charge in [0.05, 0.1) is 5.02 Å². The minimum absolute atomic E-state index is 0.193. The van der Waals surface area contributed by atoms with Crippen LogP contribution >= 0.6 is 22.9 Å². The summed E-state index contributed by atoms with van der Waals surface area (Å²) in [4.78, 5) is 17.9. The van der Waals surface area contributed by atoms with Crippen LogP contribution < -0.4 is 10.6 Å². The van der Waals surface area contributed by atoms with Crippen molar-refractivity contribution < 1.29 is 9.32 Å². The molecule has 0 bridgehead atoms. The van der Waals surface area contributed by atoms with Gasteiger partial charge in [-0.25, -0.2) is 4.98 Å². The summed E-state index contributed by atoms with van der Waals surface area (Å²) in [6, 6.07) is 8.84. The average molecular weight is 389 g/mol. The van der Waals surface area contributed by atoms with Gasteiger partial charge in [-0.3, -0.25) is 10.1 Å². The third-order valence-electron chi connectivity index (χ3n) is 4.37. The molecule has 1 saturated heterocycles. The SMILES string of the molecule is O=C(Nc1ncc(C2CCNCC2)s1)c1cc(-c2ccccc2Cl)on1. The van der Waals surface area contributed by atoms with Crippen LogP contribution in [0.1, 0.15) is 34.1 Å². The van der Waals surface area contributed by atoms with Crippen molar-refractivity contribution in [3.05, 3.63) is 52.1 Å². The Hall–Kier alpha value is -2.22. The van der Waals surface area contributed by atoms with E-state index < -0.39 is 0 Å². The normalized spacial score (nSPS) is 15.1. The number of carbonyl (C=O) groups excluding carboxylic acids is 1. The molecule has 0 atom stereocenters. The zero-order valence-electron chi connectivity index (χ0n) is 13.9. The molecule has 1 aliphatic heterocycles. The summed E-state index contributed by atoms with van der Waals surface area (Å²) in [6.07, 6.45) is 4.05. The van der Waals surface area contributed by atoms with Crippen LogP contribution in [-0.4, -0.2) is 29.1 Å². The van der Waals surface area contributed by atoms with Gasteiger partial charge in [0, 0.05) is 22.7 Å². The number of benzene rings is 1. The van der Waals surface area contributed by atoms with E-state index in [4.69, 9.17) is 16.1 Å². The Bertz CT molecular complexity index is 917. The van der Waals surface area contributed by atoms with Crippen LogP contribution in [0.5, 0.6) is 0 Å². The highest BCUT2D eigenvalue weighted by molar-refractivity contribution is 7.15. The second kappa shape index (κ2) is 7.57. The van der Waals surface area contributed by atoms with Crippen LogP contribution in [-0.2, 0) is 0 Å². The molecule has 1 aromatic carbocycles. The lowest BCUT2D eigenvalue weighted by Crippen LogP contribution is -2.26. The molecular weight excluding hydrogens is 372 g/mol. The summed E-state index contributed by atoms with van der Waals surface area (Å²) < 4.78 is 5.27. The fourth-order valence-corrected chi connectivity index (χ4v) is 4.18. The average Bonchev–Trinajstić information content (AvgIpc) is 3.33. The molecule has 1 amide bonds. The van der Waals surface area contributed by atoms with Gasteiger partial charge in [-0.2, -0.15) is 0 Å². The van der Waals surface area contributed by atoms with Gasteiger partial charge < -0.3 is 9.84 Å². The van der Waals surface area contributed by atoms with E-state index in [-0.39, 0.29) is 11.6 Å². The Labute approximate surface area is 159 Å². The maximum absolute atomic E-state index is 12.4. The maximum atomic E-state index is 12.4. The van der Waals surface area contributed by atoms with Crippen molar-refractivity contribution in [1.82, 2.24) is 15.5 Å². The van der Waals surface area contributed by atoms with Gasteiger partial charge in [0.25, 0.3) is 5.91 Å². The number of rotatable bonds is 4. The number of hydrogen-bond donors (Lipinski definition) is 2. The number of amides is 1. The standard InChI is InChI=1S/C18H17ClN4O2S/c19-13-4-2-1-3-12(13)15-9-14(23-25-15)17(24)22-18-21-10-16(26-18)11-5-7-20-8-6-11/h1-4,9-11,20H,5-8H2,(H,21,22,24). The number of hydrogen-bond acceptors (Lipinski definition) is 6. The van der Waals surface area contributed by atoms with Crippen molar-refractivity contribution >= 4 is 34.0 Å². The minimum atomic E-state index is -0.349. The molecule has 1 aliphatic rings. The summed E-state index contributed by atoms with van der Waals surface area (Å²) in [5, 5.41) is 11.1. The zero-order chi connectivity index (χ0) is 17.9. The van der Waals surface area contributed by atoms with E-state index in [0.717, 1.165) is 25.9 Å². The van der Waals surface area contributed by atoms with Crippen LogP contribution in [0.4, 0.5) is 5.13 Å². The Morgan fingerprint density at radius 3 is 2.92 bits per heavy atom. The Balaban J connectivity index is 1.46. The summed E-state index contributed by atoms with van der Waals surface area (Å²) in [5.41, 5.74) is 0.890. The quantitative estimate of drug-likeness (QED) is 0.701. The molecular formula is C18H17ClN4O2S. The molecule has 3 heterocycles. The molecule has 0 spiro atoms. The van der Waals surface area contributed by atoms with Gasteiger partial charge in [-0.15, -0.1) is 11.3 Å². The van der Waals surface area contributed by atoms with Crippen molar-refractivity contribution in [2.24, 2.45) is 0 Å². The molecule has 0 saturated carbocycles. The van der Waals surface area contributed by atoms with Crippen molar-refractivity contribution in [3.63, 3.8) is 0 Å². The number of nitrogens with one attached hydrogen (secondary N) is 2. The first-order valence-corrected chi connectivity index (χ1v) is 9.59. The lowest BCUT2D eigenvalue weighted by atomic mass is 9.97. The van der Waals surface area contributed by atoms with E-state index in [1.807, 2.05) is 24.4 Å². The van der Waals surface area contributed by atoms with Gasteiger partial charge in [-0.05, 0) is 44.0 Å². The van der Waals surface area contributed by atoms with Gasteiger partial charge in [0.2, 0.25) is 0 Å². The smallest absolute Gasteiger partial charge is 0.279 e. The van der Waals surface area contributed by atoms with Crippen LogP contribution in [0.15, 0.2) is 41.1 Å². The molecule has 0 unspecified atom stereocenters. The van der Waals surface area contributed by atoms with Crippen molar-refractivity contribution in [2.45, 2.75) is 18.8 Å². The molecule has 2 N–H and O–H groups in total.